The number of nitrogen functional groups attached to an aromatic ring is 1. The van der Waals surface area contributed by atoms with E-state index in [1.165, 1.54) is 11.1 Å². The highest BCUT2D eigenvalue weighted by Gasteiger charge is 2.36. The van der Waals surface area contributed by atoms with Crippen LogP contribution in [0.5, 0.6) is 23.0 Å². The average Bonchev–Trinajstić information content (AvgIpc) is 3.20. The van der Waals surface area contributed by atoms with E-state index in [1.54, 1.807) is 105 Å². The molecule has 7 aromatic rings. The summed E-state index contributed by atoms with van der Waals surface area (Å²) in [6.45, 7) is 6.70. The van der Waals surface area contributed by atoms with Crippen molar-refractivity contribution in [1.82, 2.24) is 29.7 Å². The molecule has 0 bridgehead atoms. The molecule has 4 aromatic carbocycles. The predicted octanol–water partition coefficient (Wildman–Crippen LogP) is 13.5. The van der Waals surface area contributed by atoms with Gasteiger partial charge in [-0.2, -0.15) is 31.3 Å². The minimum atomic E-state index is -4.61. The Hall–Kier alpha value is -8.94. The fraction of sp³-hybridized carbons (Fsp3) is 0.316. The van der Waals surface area contributed by atoms with Crippen LogP contribution >= 0.6 is 12.2 Å². The van der Waals surface area contributed by atoms with Crippen molar-refractivity contribution < 1.29 is 63.7 Å². The molecule has 0 aliphatic carbocycles. The van der Waals surface area contributed by atoms with E-state index in [4.69, 9.17) is 19.9 Å². The Kier molecular flexibility index (Phi) is 20.5. The first-order valence-electron chi connectivity index (χ1n) is 26.0. The third kappa shape index (κ3) is 17.3. The molecule has 0 saturated carbocycles. The van der Waals surface area contributed by atoms with E-state index in [9.17, 15) is 49.5 Å². The van der Waals surface area contributed by atoms with E-state index in [0.29, 0.717) is 94.7 Å². The molecule has 7 N–H and O–H groups in total. The standard InChI is InChI=1S/C26H24F4N6O2.C23H31N5O4.C8H3F4NS/c1-36-22-8-6-16(38-17-9-11-32-23(14-17)35-24(37)19-4-2-3-10-31-19)13-21(22)34-25(36)33-20-12-15(26(28,29)30)5-7-18(20)27;1-23(2,3)32-22(30)28-12-6-5-7-19(28)21(29)27-20-14-16(10-11-26-20)31-15-8-9-18(25-4)17(24)13-15;9-6-2-1-5(8(10,11)12)3-7(6)13-4-14/h5-9,11-14,19,31H,2-4,10H2,1H3,(H,33,34)(H,32,35,37);8-11,13-14,19,25H,5-7,12,24H2,1-4H3,(H,26,27,29);1-3H. The predicted molar refractivity (Wildman–Crippen MR) is 304 cm³/mol. The number of carbonyl (C=O) groups excluding carboxylic acids is 3. The van der Waals surface area contributed by atoms with Gasteiger partial charge in [-0.1, -0.05) is 6.42 Å². The van der Waals surface area contributed by atoms with Gasteiger partial charge in [-0.05, 0) is 144 Å². The number of nitrogens with zero attached hydrogens (tertiary/aromatic N) is 6. The summed E-state index contributed by atoms with van der Waals surface area (Å²) < 4.78 is 121. The number of alkyl halides is 6. The number of ether oxygens (including phenoxy) is 3. The van der Waals surface area contributed by atoms with Crippen LogP contribution in [0, 0.1) is 11.6 Å². The number of pyridine rings is 2. The van der Waals surface area contributed by atoms with Gasteiger partial charge in [0.15, 0.2) is 0 Å². The summed E-state index contributed by atoms with van der Waals surface area (Å²) in [5.41, 5.74) is 5.10. The number of anilines is 6. The first kappa shape index (κ1) is 62.7. The van der Waals surface area contributed by atoms with Crippen molar-refractivity contribution in [2.75, 3.05) is 47.1 Å². The van der Waals surface area contributed by atoms with Gasteiger partial charge in [-0.15, -0.1) is 0 Å². The molecule has 5 heterocycles. The van der Waals surface area contributed by atoms with Crippen molar-refractivity contribution in [3.05, 3.63) is 132 Å². The number of benzene rings is 4. The van der Waals surface area contributed by atoms with Crippen molar-refractivity contribution in [2.24, 2.45) is 12.0 Å². The second-order valence-electron chi connectivity index (χ2n) is 20.0. The summed E-state index contributed by atoms with van der Waals surface area (Å²) in [6, 6.07) is 20.1. The van der Waals surface area contributed by atoms with E-state index < -0.39 is 58.5 Å². The highest BCUT2D eigenvalue weighted by Crippen LogP contribution is 2.36. The van der Waals surface area contributed by atoms with E-state index >= 15 is 0 Å². The number of halogens is 8. The SMILES string of the molecule is CNc1ccc(Oc2ccnc(NC(=O)C3CCCCN3C(=O)OC(C)(C)C)c2)cc1N.Cn1c(Nc2cc(C(F)(F)F)ccc2F)nc2cc(Oc3ccnc(NC(=O)C4CCCCN4)c3)ccc21.Fc1ccc(C(F)(F)F)cc1N=C=S. The molecule has 2 fully saturated rings. The largest absolute Gasteiger partial charge is 0.457 e. The van der Waals surface area contributed by atoms with E-state index in [0.717, 1.165) is 50.4 Å². The Morgan fingerprint density at radius 3 is 1.92 bits per heavy atom. The smallest absolute Gasteiger partial charge is 0.416 e. The topological polar surface area (TPSA) is 224 Å². The number of amides is 3. The van der Waals surface area contributed by atoms with E-state index in [-0.39, 0.29) is 29.5 Å². The van der Waals surface area contributed by atoms with Crippen LogP contribution in [-0.4, -0.2) is 85.3 Å². The second kappa shape index (κ2) is 27.4. The normalized spacial score (nSPS) is 15.2. The lowest BCUT2D eigenvalue weighted by molar-refractivity contribution is -0.138. The number of likely N-dealkylation sites (tertiary alicyclic amines) is 1. The van der Waals surface area contributed by atoms with Gasteiger partial charge >= 0.3 is 18.4 Å². The number of thiocarbonyl (C=S) groups is 1. The number of aryl methyl sites for hydroxylation is 1. The number of nitrogens with one attached hydrogen (secondary N) is 5. The van der Waals surface area contributed by atoms with Crippen LogP contribution < -0.4 is 41.8 Å². The van der Waals surface area contributed by atoms with Gasteiger partial charge in [-0.25, -0.2) is 28.5 Å². The highest BCUT2D eigenvalue weighted by atomic mass is 32.1. The maximum Gasteiger partial charge on any atom is 0.416 e. The van der Waals surface area contributed by atoms with Gasteiger partial charge in [0.1, 0.15) is 63.6 Å². The number of rotatable bonds is 12. The van der Waals surface area contributed by atoms with Crippen molar-refractivity contribution in [3.8, 4) is 23.0 Å². The summed E-state index contributed by atoms with van der Waals surface area (Å²) in [6.07, 6.45) is -1.47. The first-order chi connectivity index (χ1) is 39.8. The Bertz CT molecular complexity index is 3530. The minimum Gasteiger partial charge on any atom is -0.457 e. The molecule has 2 unspecified atom stereocenters. The second-order valence-corrected chi connectivity index (χ2v) is 20.1. The first-order valence-corrected chi connectivity index (χ1v) is 26.4. The van der Waals surface area contributed by atoms with Crippen LogP contribution in [-0.2, 0) is 33.7 Å². The summed E-state index contributed by atoms with van der Waals surface area (Å²) in [5.74, 6) is 0.619. The molecule has 27 heteroatoms. The third-order valence-electron chi connectivity index (χ3n) is 12.6. The van der Waals surface area contributed by atoms with E-state index in [2.05, 4.69) is 58.7 Å². The molecule has 444 valence electrons. The number of aromatic nitrogens is 4. The summed E-state index contributed by atoms with van der Waals surface area (Å²) in [5, 5.41) is 16.2. The Morgan fingerprint density at radius 2 is 1.32 bits per heavy atom. The van der Waals surface area contributed by atoms with Crippen LogP contribution in [0.2, 0.25) is 0 Å². The lowest BCUT2D eigenvalue weighted by Gasteiger charge is -2.35. The molecule has 2 aliphatic heterocycles. The molecule has 18 nitrogen and oxygen atoms in total. The maximum absolute atomic E-state index is 14.2. The van der Waals surface area contributed by atoms with Gasteiger partial charge in [0.25, 0.3) is 0 Å². The summed E-state index contributed by atoms with van der Waals surface area (Å²) >= 11 is 4.17. The highest BCUT2D eigenvalue weighted by molar-refractivity contribution is 7.78. The van der Waals surface area contributed by atoms with Gasteiger partial charge in [0.2, 0.25) is 17.8 Å². The lowest BCUT2D eigenvalue weighted by atomic mass is 10.0. The zero-order chi connectivity index (χ0) is 60.9. The molecule has 0 radical (unpaired) electrons. The number of carbonyl (C=O) groups is 3. The maximum atomic E-state index is 14.2. The van der Waals surface area contributed by atoms with Crippen molar-refractivity contribution >= 4 is 86.7 Å². The minimum absolute atomic E-state index is 0.151. The number of hydrogen-bond acceptors (Lipinski definition) is 15. The van der Waals surface area contributed by atoms with Crippen molar-refractivity contribution in [3.63, 3.8) is 0 Å². The van der Waals surface area contributed by atoms with Crippen LogP contribution in [0.1, 0.15) is 70.4 Å². The summed E-state index contributed by atoms with van der Waals surface area (Å²) in [4.78, 5) is 55.5. The molecule has 3 aromatic heterocycles. The zero-order valence-electron chi connectivity index (χ0n) is 45.8. The number of nitrogens with two attached hydrogens (primary N) is 1. The van der Waals surface area contributed by atoms with Crippen LogP contribution in [0.15, 0.2) is 114 Å². The van der Waals surface area contributed by atoms with Crippen LogP contribution in [0.25, 0.3) is 11.0 Å². The summed E-state index contributed by atoms with van der Waals surface area (Å²) in [7, 11) is 3.45. The number of imidazole rings is 1. The molecule has 0 spiro atoms. The van der Waals surface area contributed by atoms with Gasteiger partial charge in [0.05, 0.1) is 50.4 Å². The fourth-order valence-electron chi connectivity index (χ4n) is 8.53. The molecule has 3 amide bonds. The molecule has 9 rings (SSSR count). The number of aliphatic imine (C=N–C) groups is 1. The van der Waals surface area contributed by atoms with Crippen molar-refractivity contribution in [1.29, 1.82) is 0 Å². The fourth-order valence-corrected chi connectivity index (χ4v) is 8.63. The zero-order valence-corrected chi connectivity index (χ0v) is 46.7. The Balaban J connectivity index is 0.000000199. The average molecular weight is 1190 g/mol. The molecule has 2 atom stereocenters. The Morgan fingerprint density at radius 1 is 0.726 bits per heavy atom. The lowest BCUT2D eigenvalue weighted by Crippen LogP contribution is -2.51. The number of piperidine rings is 2. The number of isothiocyanates is 1. The van der Waals surface area contributed by atoms with Gasteiger partial charge in [-0.3, -0.25) is 14.5 Å². The number of fused-ring (bicyclic) bond motifs is 1. The molecule has 84 heavy (non-hydrogen) atoms. The molecular weight excluding hydrogens is 1130 g/mol. The third-order valence-corrected chi connectivity index (χ3v) is 12.7. The molecule has 2 saturated heterocycles. The van der Waals surface area contributed by atoms with Crippen LogP contribution in [0.3, 0.4) is 0 Å². The van der Waals surface area contributed by atoms with Crippen molar-refractivity contribution in [2.45, 2.75) is 89.3 Å². The number of hydrogen-bond donors (Lipinski definition) is 6. The molecular formula is C57H58F8N12O6S. The Labute approximate surface area is 482 Å². The van der Waals surface area contributed by atoms with E-state index in [1.807, 2.05) is 6.07 Å². The van der Waals surface area contributed by atoms with Gasteiger partial charge in [0, 0.05) is 57.3 Å². The quantitative estimate of drug-likeness (QED) is 0.0290. The van der Waals surface area contributed by atoms with Crippen LogP contribution in [0.4, 0.5) is 80.3 Å². The van der Waals surface area contributed by atoms with Gasteiger partial charge < -0.3 is 51.1 Å². The molecule has 2 aliphatic rings. The monoisotopic (exact) mass is 1190 g/mol.